The molecule has 0 saturated carbocycles. The molecule has 130 valence electrons. The average molecular weight is 345 g/mol. The molecular formula is C16H25ClN2O4. The number of carbonyl (C=O) groups is 1. The van der Waals surface area contributed by atoms with Crippen LogP contribution in [0.2, 0.25) is 0 Å². The van der Waals surface area contributed by atoms with Crippen LogP contribution in [0.3, 0.4) is 0 Å². The van der Waals surface area contributed by atoms with Crippen molar-refractivity contribution in [2.75, 3.05) is 40.6 Å². The Kier molecular flexibility index (Phi) is 8.16. The Balaban J connectivity index is 0.00000264. The highest BCUT2D eigenvalue weighted by atomic mass is 35.5. The zero-order valence-corrected chi connectivity index (χ0v) is 14.6. The zero-order valence-electron chi connectivity index (χ0n) is 13.8. The topological polar surface area (TPSA) is 60.0 Å². The van der Waals surface area contributed by atoms with Gasteiger partial charge in [0.15, 0.2) is 11.5 Å². The first-order chi connectivity index (χ1) is 10.7. The van der Waals surface area contributed by atoms with Crippen LogP contribution in [0.25, 0.3) is 0 Å². The highest BCUT2D eigenvalue weighted by Gasteiger charge is 2.21. The lowest BCUT2D eigenvalue weighted by Gasteiger charge is -2.26. The van der Waals surface area contributed by atoms with Crippen LogP contribution >= 0.6 is 12.4 Å². The molecule has 6 nitrogen and oxygen atoms in total. The maximum atomic E-state index is 12.6. The number of ether oxygens (including phenoxy) is 3. The number of carbonyl (C=O) groups excluding carboxylic acids is 1. The number of fused-ring (bicyclic) bond motifs is 1. The Morgan fingerprint density at radius 2 is 2.13 bits per heavy atom. The van der Waals surface area contributed by atoms with Gasteiger partial charge < -0.3 is 24.4 Å². The highest BCUT2D eigenvalue weighted by molar-refractivity contribution is 5.85. The van der Waals surface area contributed by atoms with Gasteiger partial charge >= 0.3 is 0 Å². The lowest BCUT2D eigenvalue weighted by Crippen LogP contribution is -2.39. The fourth-order valence-corrected chi connectivity index (χ4v) is 2.43. The van der Waals surface area contributed by atoms with Gasteiger partial charge in [-0.15, -0.1) is 12.4 Å². The lowest BCUT2D eigenvalue weighted by molar-refractivity contribution is -0.136. The molecule has 7 heteroatoms. The first-order valence-corrected chi connectivity index (χ1v) is 7.46. The standard InChI is InChI=1S/C16H24N2O4.ClH/c1-12(9-17-2)16(19)18(6-7-20-3)10-13-4-5-14-15(8-13)22-11-21-14;/h4-5,8,12,17H,6-7,9-11H2,1-3H3;1H. The summed E-state index contributed by atoms with van der Waals surface area (Å²) in [6.45, 7) is 4.46. The number of rotatable bonds is 8. The van der Waals surface area contributed by atoms with Crippen molar-refractivity contribution in [2.45, 2.75) is 13.5 Å². The third kappa shape index (κ3) is 5.27. The lowest BCUT2D eigenvalue weighted by atomic mass is 10.1. The molecule has 0 aromatic heterocycles. The predicted octanol–water partition coefficient (Wildman–Crippen LogP) is 1.67. The molecule has 0 radical (unpaired) electrons. The second-order valence-electron chi connectivity index (χ2n) is 5.40. The maximum Gasteiger partial charge on any atom is 0.231 e. The minimum Gasteiger partial charge on any atom is -0.454 e. The predicted molar refractivity (Wildman–Crippen MR) is 90.2 cm³/mol. The van der Waals surface area contributed by atoms with Crippen LogP contribution in [0.1, 0.15) is 12.5 Å². The van der Waals surface area contributed by atoms with Crippen LogP contribution < -0.4 is 14.8 Å². The van der Waals surface area contributed by atoms with Gasteiger partial charge in [-0.25, -0.2) is 0 Å². The molecule has 0 saturated heterocycles. The van der Waals surface area contributed by atoms with Gasteiger partial charge in [-0.1, -0.05) is 13.0 Å². The molecule has 1 N–H and O–H groups in total. The average Bonchev–Trinajstić information content (AvgIpc) is 2.98. The van der Waals surface area contributed by atoms with Gasteiger partial charge in [-0.05, 0) is 24.7 Å². The second-order valence-corrected chi connectivity index (χ2v) is 5.40. The fourth-order valence-electron chi connectivity index (χ4n) is 2.43. The van der Waals surface area contributed by atoms with Crippen molar-refractivity contribution >= 4 is 18.3 Å². The zero-order chi connectivity index (χ0) is 15.9. The second kappa shape index (κ2) is 9.60. The smallest absolute Gasteiger partial charge is 0.231 e. The molecular weight excluding hydrogens is 320 g/mol. The maximum absolute atomic E-state index is 12.6. The molecule has 1 heterocycles. The number of hydrogen-bond acceptors (Lipinski definition) is 5. The van der Waals surface area contributed by atoms with E-state index in [-0.39, 0.29) is 31.0 Å². The van der Waals surface area contributed by atoms with Crippen LogP contribution in [0, 0.1) is 5.92 Å². The normalized spacial score (nSPS) is 13.3. The van der Waals surface area contributed by atoms with Gasteiger partial charge in [0.25, 0.3) is 0 Å². The molecule has 0 aliphatic carbocycles. The molecule has 0 spiro atoms. The van der Waals surface area contributed by atoms with Gasteiger partial charge in [-0.2, -0.15) is 0 Å². The van der Waals surface area contributed by atoms with E-state index in [2.05, 4.69) is 5.32 Å². The minimum absolute atomic E-state index is 0. The summed E-state index contributed by atoms with van der Waals surface area (Å²) < 4.78 is 15.8. The van der Waals surface area contributed by atoms with Crippen molar-refractivity contribution in [3.63, 3.8) is 0 Å². The quantitative estimate of drug-likeness (QED) is 0.777. The molecule has 1 unspecified atom stereocenters. The number of methoxy groups -OCH3 is 1. The summed E-state index contributed by atoms with van der Waals surface area (Å²) in [5.74, 6) is 1.53. The number of benzene rings is 1. The summed E-state index contributed by atoms with van der Waals surface area (Å²) >= 11 is 0. The van der Waals surface area contributed by atoms with E-state index in [1.807, 2.05) is 37.1 Å². The van der Waals surface area contributed by atoms with E-state index in [0.29, 0.717) is 26.2 Å². The molecule has 1 aliphatic heterocycles. The fraction of sp³-hybridized carbons (Fsp3) is 0.562. The number of halogens is 1. The van der Waals surface area contributed by atoms with Crippen molar-refractivity contribution in [3.8, 4) is 11.5 Å². The molecule has 1 aromatic rings. The largest absolute Gasteiger partial charge is 0.454 e. The first kappa shape index (κ1) is 19.5. The van der Waals surface area contributed by atoms with Gasteiger partial charge in [0, 0.05) is 32.7 Å². The summed E-state index contributed by atoms with van der Waals surface area (Å²) in [5, 5.41) is 3.04. The SMILES string of the molecule is CNCC(C)C(=O)N(CCOC)Cc1ccc2c(c1)OCO2.Cl. The van der Waals surface area contributed by atoms with Gasteiger partial charge in [0.1, 0.15) is 0 Å². The van der Waals surface area contributed by atoms with E-state index in [4.69, 9.17) is 14.2 Å². The Hall–Kier alpha value is -1.50. The summed E-state index contributed by atoms with van der Waals surface area (Å²) in [6, 6.07) is 5.77. The van der Waals surface area contributed by atoms with E-state index in [1.165, 1.54) is 0 Å². The van der Waals surface area contributed by atoms with Crippen LogP contribution in [-0.4, -0.2) is 51.5 Å². The monoisotopic (exact) mass is 344 g/mol. The van der Waals surface area contributed by atoms with Crippen LogP contribution in [0.4, 0.5) is 0 Å². The number of nitrogens with zero attached hydrogens (tertiary/aromatic N) is 1. The molecule has 2 rings (SSSR count). The van der Waals surface area contributed by atoms with Crippen LogP contribution in [0.15, 0.2) is 18.2 Å². The Morgan fingerprint density at radius 3 is 2.83 bits per heavy atom. The van der Waals surface area contributed by atoms with Crippen molar-refractivity contribution in [1.82, 2.24) is 10.2 Å². The van der Waals surface area contributed by atoms with Crippen molar-refractivity contribution in [3.05, 3.63) is 23.8 Å². The highest BCUT2D eigenvalue weighted by Crippen LogP contribution is 2.32. The third-order valence-corrected chi connectivity index (χ3v) is 3.62. The summed E-state index contributed by atoms with van der Waals surface area (Å²) in [6.07, 6.45) is 0. The summed E-state index contributed by atoms with van der Waals surface area (Å²) in [4.78, 5) is 14.4. The number of hydrogen-bond donors (Lipinski definition) is 1. The summed E-state index contributed by atoms with van der Waals surface area (Å²) in [7, 11) is 3.49. The molecule has 1 aliphatic rings. The molecule has 23 heavy (non-hydrogen) atoms. The van der Waals surface area contributed by atoms with Crippen LogP contribution in [-0.2, 0) is 16.1 Å². The van der Waals surface area contributed by atoms with Crippen LogP contribution in [0.5, 0.6) is 11.5 Å². The molecule has 1 atom stereocenters. The summed E-state index contributed by atoms with van der Waals surface area (Å²) in [5.41, 5.74) is 1.02. The first-order valence-electron chi connectivity index (χ1n) is 7.46. The van der Waals surface area contributed by atoms with E-state index in [9.17, 15) is 4.79 Å². The Bertz CT molecular complexity index is 513. The van der Waals surface area contributed by atoms with Crippen molar-refractivity contribution in [1.29, 1.82) is 0 Å². The molecule has 1 amide bonds. The van der Waals surface area contributed by atoms with Gasteiger partial charge in [-0.3, -0.25) is 4.79 Å². The number of nitrogens with one attached hydrogen (secondary N) is 1. The number of amides is 1. The van der Waals surface area contributed by atoms with E-state index < -0.39 is 0 Å². The molecule has 1 aromatic carbocycles. The minimum atomic E-state index is -0.0733. The van der Waals surface area contributed by atoms with E-state index in [1.54, 1.807) is 7.11 Å². The van der Waals surface area contributed by atoms with E-state index in [0.717, 1.165) is 17.1 Å². The Labute approximate surface area is 143 Å². The van der Waals surface area contributed by atoms with Crippen molar-refractivity contribution in [2.24, 2.45) is 5.92 Å². The third-order valence-electron chi connectivity index (χ3n) is 3.62. The van der Waals surface area contributed by atoms with Crippen molar-refractivity contribution < 1.29 is 19.0 Å². The van der Waals surface area contributed by atoms with E-state index >= 15 is 0 Å². The molecule has 0 fully saturated rings. The van der Waals surface area contributed by atoms with Gasteiger partial charge in [0.2, 0.25) is 12.7 Å². The van der Waals surface area contributed by atoms with Gasteiger partial charge in [0.05, 0.1) is 6.61 Å². The Morgan fingerprint density at radius 1 is 1.39 bits per heavy atom. The molecule has 0 bridgehead atoms.